The van der Waals surface area contributed by atoms with Crippen LogP contribution in [0.15, 0.2) is 22.7 Å². The third kappa shape index (κ3) is 4.10. The second-order valence-electron chi connectivity index (χ2n) is 3.81. The first-order valence-electron chi connectivity index (χ1n) is 5.07. The predicted molar refractivity (Wildman–Crippen MR) is 70.3 cm³/mol. The van der Waals surface area contributed by atoms with Crippen LogP contribution in [0.25, 0.3) is 0 Å². The van der Waals surface area contributed by atoms with Crippen molar-refractivity contribution in [2.45, 2.75) is 19.9 Å². The molecule has 0 aliphatic rings. The summed E-state index contributed by atoms with van der Waals surface area (Å²) in [6.07, 6.45) is 0. The Hall–Kier alpha value is -1.23. The van der Waals surface area contributed by atoms with Gasteiger partial charge in [0.25, 0.3) is 0 Å². The van der Waals surface area contributed by atoms with E-state index in [9.17, 15) is 4.79 Å². The van der Waals surface area contributed by atoms with Gasteiger partial charge >= 0.3 is 0 Å². The van der Waals surface area contributed by atoms with E-state index < -0.39 is 0 Å². The van der Waals surface area contributed by atoms with Gasteiger partial charge in [-0.05, 0) is 32.0 Å². The molecule has 0 aromatic heterocycles. The van der Waals surface area contributed by atoms with Crippen molar-refractivity contribution in [1.82, 2.24) is 5.32 Å². The number of hydrogen-bond donors (Lipinski definition) is 3. The Morgan fingerprint density at radius 2 is 2.19 bits per heavy atom. The number of nitrogen functional groups attached to an aromatic ring is 1. The SMILES string of the molecule is CC(C)NC(=O)CNc1cc(Br)ccc1N. The zero-order valence-electron chi connectivity index (χ0n) is 9.38. The minimum Gasteiger partial charge on any atom is -0.397 e. The van der Waals surface area contributed by atoms with E-state index in [1.807, 2.05) is 26.0 Å². The van der Waals surface area contributed by atoms with Crippen LogP contribution in [0.2, 0.25) is 0 Å². The number of anilines is 2. The highest BCUT2D eigenvalue weighted by Gasteiger charge is 2.04. The molecule has 0 saturated heterocycles. The van der Waals surface area contributed by atoms with E-state index in [2.05, 4.69) is 26.6 Å². The maximum Gasteiger partial charge on any atom is 0.239 e. The third-order valence-electron chi connectivity index (χ3n) is 1.90. The number of amides is 1. The summed E-state index contributed by atoms with van der Waals surface area (Å²) in [4.78, 5) is 11.4. The van der Waals surface area contributed by atoms with Crippen LogP contribution in [0.4, 0.5) is 11.4 Å². The molecule has 0 heterocycles. The fraction of sp³-hybridized carbons (Fsp3) is 0.364. The Morgan fingerprint density at radius 1 is 1.50 bits per heavy atom. The zero-order chi connectivity index (χ0) is 12.1. The highest BCUT2D eigenvalue weighted by Crippen LogP contribution is 2.22. The number of nitrogens with two attached hydrogens (primary N) is 1. The van der Waals surface area contributed by atoms with Gasteiger partial charge in [0, 0.05) is 10.5 Å². The molecule has 0 spiro atoms. The predicted octanol–water partition coefficient (Wildman–Crippen LogP) is 1.97. The summed E-state index contributed by atoms with van der Waals surface area (Å²) in [7, 11) is 0. The van der Waals surface area contributed by atoms with Gasteiger partial charge in [0.2, 0.25) is 5.91 Å². The van der Waals surface area contributed by atoms with Crippen LogP contribution < -0.4 is 16.4 Å². The third-order valence-corrected chi connectivity index (χ3v) is 2.40. The summed E-state index contributed by atoms with van der Waals surface area (Å²) >= 11 is 3.35. The van der Waals surface area contributed by atoms with Crippen molar-refractivity contribution in [3.05, 3.63) is 22.7 Å². The van der Waals surface area contributed by atoms with Crippen LogP contribution in [-0.4, -0.2) is 18.5 Å². The molecular weight excluding hydrogens is 270 g/mol. The Balaban J connectivity index is 2.54. The molecule has 0 radical (unpaired) electrons. The smallest absolute Gasteiger partial charge is 0.239 e. The van der Waals surface area contributed by atoms with Gasteiger partial charge in [-0.15, -0.1) is 0 Å². The molecule has 4 nitrogen and oxygen atoms in total. The summed E-state index contributed by atoms with van der Waals surface area (Å²) in [5.74, 6) is -0.0469. The second-order valence-corrected chi connectivity index (χ2v) is 4.72. The number of benzene rings is 1. The van der Waals surface area contributed by atoms with Crippen LogP contribution in [0.5, 0.6) is 0 Å². The van der Waals surface area contributed by atoms with Gasteiger partial charge in [-0.25, -0.2) is 0 Å². The van der Waals surface area contributed by atoms with Gasteiger partial charge < -0.3 is 16.4 Å². The summed E-state index contributed by atoms with van der Waals surface area (Å²) in [5, 5.41) is 5.78. The molecule has 0 aliphatic heterocycles. The topological polar surface area (TPSA) is 67.2 Å². The summed E-state index contributed by atoms with van der Waals surface area (Å²) < 4.78 is 0.925. The minimum atomic E-state index is -0.0469. The van der Waals surface area contributed by atoms with E-state index in [4.69, 9.17) is 5.73 Å². The van der Waals surface area contributed by atoms with Crippen molar-refractivity contribution < 1.29 is 4.79 Å². The lowest BCUT2D eigenvalue weighted by atomic mass is 10.2. The highest BCUT2D eigenvalue weighted by atomic mass is 79.9. The zero-order valence-corrected chi connectivity index (χ0v) is 11.0. The summed E-state index contributed by atoms with van der Waals surface area (Å²) in [5.41, 5.74) is 7.15. The molecule has 0 bridgehead atoms. The second kappa shape index (κ2) is 5.75. The minimum absolute atomic E-state index is 0.0469. The number of nitrogens with one attached hydrogen (secondary N) is 2. The molecule has 0 aliphatic carbocycles. The van der Waals surface area contributed by atoms with E-state index in [0.29, 0.717) is 5.69 Å². The lowest BCUT2D eigenvalue weighted by Crippen LogP contribution is -2.34. The van der Waals surface area contributed by atoms with E-state index in [0.717, 1.165) is 10.2 Å². The molecule has 0 saturated carbocycles. The lowest BCUT2D eigenvalue weighted by Gasteiger charge is -2.11. The molecule has 0 atom stereocenters. The average Bonchev–Trinajstić information content (AvgIpc) is 2.18. The monoisotopic (exact) mass is 285 g/mol. The first-order chi connectivity index (χ1) is 7.49. The molecule has 1 rings (SSSR count). The van der Waals surface area contributed by atoms with Gasteiger partial charge in [0.1, 0.15) is 0 Å². The maximum atomic E-state index is 11.4. The first-order valence-corrected chi connectivity index (χ1v) is 5.86. The number of carbonyl (C=O) groups excluding carboxylic acids is 1. The molecule has 88 valence electrons. The molecular formula is C11H16BrN3O. The van der Waals surface area contributed by atoms with Crippen molar-refractivity contribution in [1.29, 1.82) is 0 Å². The number of halogens is 1. The number of carbonyl (C=O) groups is 1. The normalized spacial score (nSPS) is 10.2. The van der Waals surface area contributed by atoms with E-state index >= 15 is 0 Å². The van der Waals surface area contributed by atoms with Crippen LogP contribution in [0.3, 0.4) is 0 Å². The van der Waals surface area contributed by atoms with Crippen molar-refractivity contribution in [3.8, 4) is 0 Å². The maximum absolute atomic E-state index is 11.4. The van der Waals surface area contributed by atoms with Crippen molar-refractivity contribution in [2.75, 3.05) is 17.6 Å². The Labute approximate surface area is 104 Å². The summed E-state index contributed by atoms with van der Waals surface area (Å²) in [6, 6.07) is 5.63. The van der Waals surface area contributed by atoms with E-state index in [1.165, 1.54) is 0 Å². The standard InChI is InChI=1S/C11H16BrN3O/c1-7(2)15-11(16)6-14-10-5-8(12)3-4-9(10)13/h3-5,7,14H,6,13H2,1-2H3,(H,15,16). The molecule has 1 aromatic rings. The van der Waals surface area contributed by atoms with Gasteiger partial charge in [-0.3, -0.25) is 4.79 Å². The molecule has 16 heavy (non-hydrogen) atoms. The molecule has 4 N–H and O–H groups in total. The number of hydrogen-bond acceptors (Lipinski definition) is 3. The Bertz CT molecular complexity index is 379. The first kappa shape index (κ1) is 12.8. The molecule has 1 amide bonds. The van der Waals surface area contributed by atoms with E-state index in [-0.39, 0.29) is 18.5 Å². The van der Waals surface area contributed by atoms with Gasteiger partial charge in [0.05, 0.1) is 17.9 Å². The Morgan fingerprint density at radius 3 is 2.81 bits per heavy atom. The van der Waals surface area contributed by atoms with Crippen LogP contribution in [-0.2, 0) is 4.79 Å². The van der Waals surface area contributed by atoms with Gasteiger partial charge in [-0.1, -0.05) is 15.9 Å². The average molecular weight is 286 g/mol. The quantitative estimate of drug-likeness (QED) is 0.741. The lowest BCUT2D eigenvalue weighted by molar-refractivity contribution is -0.119. The highest BCUT2D eigenvalue weighted by molar-refractivity contribution is 9.10. The molecule has 0 fully saturated rings. The largest absolute Gasteiger partial charge is 0.397 e. The van der Waals surface area contributed by atoms with Crippen molar-refractivity contribution in [3.63, 3.8) is 0 Å². The van der Waals surface area contributed by atoms with Crippen LogP contribution >= 0.6 is 15.9 Å². The fourth-order valence-corrected chi connectivity index (χ4v) is 1.59. The van der Waals surface area contributed by atoms with Gasteiger partial charge in [-0.2, -0.15) is 0 Å². The Kier molecular flexibility index (Phi) is 4.61. The fourth-order valence-electron chi connectivity index (χ4n) is 1.23. The van der Waals surface area contributed by atoms with Crippen molar-refractivity contribution in [2.24, 2.45) is 0 Å². The molecule has 5 heteroatoms. The van der Waals surface area contributed by atoms with Gasteiger partial charge in [0.15, 0.2) is 0 Å². The van der Waals surface area contributed by atoms with Crippen LogP contribution in [0.1, 0.15) is 13.8 Å². The van der Waals surface area contributed by atoms with Crippen molar-refractivity contribution >= 4 is 33.2 Å². The summed E-state index contributed by atoms with van der Waals surface area (Å²) in [6.45, 7) is 4.07. The van der Waals surface area contributed by atoms with E-state index in [1.54, 1.807) is 6.07 Å². The number of rotatable bonds is 4. The van der Waals surface area contributed by atoms with Crippen LogP contribution in [0, 0.1) is 0 Å². The molecule has 1 aromatic carbocycles. The molecule has 0 unspecified atom stereocenters.